The average Bonchev–Trinajstić information content (AvgIpc) is 2.96. The Morgan fingerprint density at radius 2 is 1.80 bits per heavy atom. The Morgan fingerprint density at radius 1 is 0.960 bits per heavy atom. The van der Waals surface area contributed by atoms with Gasteiger partial charge < -0.3 is 10.8 Å². The molecule has 25 heavy (non-hydrogen) atoms. The molecule has 0 aliphatic heterocycles. The number of nitrogen functional groups attached to an aromatic ring is 1. The van der Waals surface area contributed by atoms with Crippen LogP contribution in [0, 0.1) is 0 Å². The summed E-state index contributed by atoms with van der Waals surface area (Å²) in [4.78, 5) is 12.8. The molecule has 2 heterocycles. The number of benzene rings is 2. The van der Waals surface area contributed by atoms with Gasteiger partial charge in [-0.2, -0.15) is 4.98 Å². The molecule has 124 valence electrons. The van der Waals surface area contributed by atoms with Crippen molar-refractivity contribution in [3.8, 4) is 23.0 Å². The molecular formula is C17H11Cl2N5O. The Morgan fingerprint density at radius 3 is 2.56 bits per heavy atom. The van der Waals surface area contributed by atoms with Gasteiger partial charge in [0.15, 0.2) is 0 Å². The molecule has 3 N–H and O–H groups in total. The van der Waals surface area contributed by atoms with Crippen molar-refractivity contribution in [2.24, 2.45) is 0 Å². The number of hydrogen-bond acceptors (Lipinski definition) is 5. The minimum absolute atomic E-state index is 0.122. The van der Waals surface area contributed by atoms with Crippen LogP contribution in [0.15, 0.2) is 48.7 Å². The number of phenols is 1. The van der Waals surface area contributed by atoms with Crippen molar-refractivity contribution in [2.45, 2.75) is 0 Å². The fraction of sp³-hybridized carbons (Fsp3) is 0. The van der Waals surface area contributed by atoms with E-state index in [2.05, 4.69) is 15.0 Å². The van der Waals surface area contributed by atoms with E-state index in [4.69, 9.17) is 28.9 Å². The maximum Gasteiger partial charge on any atom is 0.221 e. The van der Waals surface area contributed by atoms with Crippen LogP contribution < -0.4 is 5.73 Å². The molecule has 0 saturated carbocycles. The highest BCUT2D eigenvalue weighted by molar-refractivity contribution is 6.42. The van der Waals surface area contributed by atoms with Crippen molar-refractivity contribution in [3.05, 3.63) is 58.7 Å². The van der Waals surface area contributed by atoms with Gasteiger partial charge >= 0.3 is 0 Å². The van der Waals surface area contributed by atoms with Crippen LogP contribution in [0.3, 0.4) is 0 Å². The molecule has 0 spiro atoms. The minimum Gasteiger partial charge on any atom is -0.508 e. The summed E-state index contributed by atoms with van der Waals surface area (Å²) in [7, 11) is 0. The summed E-state index contributed by atoms with van der Waals surface area (Å²) in [5, 5.41) is 10.8. The highest BCUT2D eigenvalue weighted by Gasteiger charge is 2.17. The lowest BCUT2D eigenvalue weighted by Crippen LogP contribution is -2.03. The van der Waals surface area contributed by atoms with Crippen molar-refractivity contribution < 1.29 is 5.11 Å². The van der Waals surface area contributed by atoms with Gasteiger partial charge in [-0.3, -0.25) is 4.57 Å². The van der Waals surface area contributed by atoms with Crippen molar-refractivity contribution in [2.75, 3.05) is 5.73 Å². The monoisotopic (exact) mass is 371 g/mol. The summed E-state index contributed by atoms with van der Waals surface area (Å²) < 4.78 is 1.78. The topological polar surface area (TPSA) is 89.8 Å². The number of aromatic nitrogens is 4. The molecule has 0 unspecified atom stereocenters. The smallest absolute Gasteiger partial charge is 0.221 e. The fourth-order valence-corrected chi connectivity index (χ4v) is 2.91. The number of fused-ring (bicyclic) bond motifs is 1. The lowest BCUT2D eigenvalue weighted by Gasteiger charge is -2.09. The van der Waals surface area contributed by atoms with Crippen molar-refractivity contribution in [3.63, 3.8) is 0 Å². The van der Waals surface area contributed by atoms with Gasteiger partial charge in [0.25, 0.3) is 0 Å². The average molecular weight is 372 g/mol. The molecule has 0 fully saturated rings. The van der Waals surface area contributed by atoms with E-state index < -0.39 is 0 Å². The molecule has 0 saturated heterocycles. The number of hydrogen-bond donors (Lipinski definition) is 2. The van der Waals surface area contributed by atoms with Gasteiger partial charge in [0.05, 0.1) is 21.1 Å². The number of rotatable bonds is 2. The van der Waals surface area contributed by atoms with Crippen LogP contribution in [0.1, 0.15) is 0 Å². The standard InChI is InChI=1S/C17H11Cl2N5O/c18-11-3-1-9(7-12(11)19)16-22-13-4-2-10(25)8-14(13)24(16)15-5-6-21-17(20)23-15/h1-8,25H,(H2,20,21,23). The third kappa shape index (κ3) is 2.75. The molecule has 6 nitrogen and oxygen atoms in total. The van der Waals surface area contributed by atoms with Crippen LogP contribution in [0.5, 0.6) is 5.75 Å². The van der Waals surface area contributed by atoms with E-state index in [1.54, 1.807) is 47.2 Å². The highest BCUT2D eigenvalue weighted by Crippen LogP contribution is 2.33. The van der Waals surface area contributed by atoms with E-state index in [0.29, 0.717) is 32.7 Å². The number of nitrogens with two attached hydrogens (primary N) is 1. The van der Waals surface area contributed by atoms with E-state index in [9.17, 15) is 5.11 Å². The van der Waals surface area contributed by atoms with Crippen LogP contribution in [-0.2, 0) is 0 Å². The number of nitrogens with zero attached hydrogens (tertiary/aromatic N) is 4. The summed E-state index contributed by atoms with van der Waals surface area (Å²) >= 11 is 12.2. The lowest BCUT2D eigenvalue weighted by molar-refractivity contribution is 0.476. The molecule has 0 amide bonds. The number of anilines is 1. The van der Waals surface area contributed by atoms with Gasteiger partial charge in [-0.05, 0) is 36.4 Å². The van der Waals surface area contributed by atoms with Crippen LogP contribution in [0.4, 0.5) is 5.95 Å². The second kappa shape index (κ2) is 5.91. The summed E-state index contributed by atoms with van der Waals surface area (Å²) in [6.07, 6.45) is 1.56. The first-order valence-electron chi connectivity index (χ1n) is 7.29. The van der Waals surface area contributed by atoms with E-state index in [1.165, 1.54) is 0 Å². The van der Waals surface area contributed by atoms with Crippen molar-refractivity contribution in [1.82, 2.24) is 19.5 Å². The molecule has 0 radical (unpaired) electrons. The Bertz CT molecular complexity index is 1110. The molecule has 0 aliphatic carbocycles. The third-order valence-corrected chi connectivity index (χ3v) is 4.44. The summed E-state index contributed by atoms with van der Waals surface area (Å²) in [6, 6.07) is 11.9. The van der Waals surface area contributed by atoms with Gasteiger partial charge in [0.1, 0.15) is 17.4 Å². The third-order valence-electron chi connectivity index (χ3n) is 3.70. The second-order valence-corrected chi connectivity index (χ2v) is 6.16. The molecule has 2 aromatic heterocycles. The van der Waals surface area contributed by atoms with E-state index >= 15 is 0 Å². The Kier molecular flexibility index (Phi) is 3.71. The van der Waals surface area contributed by atoms with Gasteiger partial charge in [-0.15, -0.1) is 0 Å². The van der Waals surface area contributed by atoms with Crippen LogP contribution in [0.25, 0.3) is 28.2 Å². The van der Waals surface area contributed by atoms with E-state index in [1.807, 2.05) is 6.07 Å². The van der Waals surface area contributed by atoms with E-state index in [-0.39, 0.29) is 11.7 Å². The van der Waals surface area contributed by atoms with Crippen LogP contribution in [0.2, 0.25) is 10.0 Å². The molecule has 8 heteroatoms. The molecule has 4 rings (SSSR count). The number of halogens is 2. The second-order valence-electron chi connectivity index (χ2n) is 5.35. The molecule has 0 aliphatic rings. The maximum absolute atomic E-state index is 9.88. The van der Waals surface area contributed by atoms with Gasteiger partial charge in [0.2, 0.25) is 5.95 Å². The van der Waals surface area contributed by atoms with Crippen LogP contribution in [-0.4, -0.2) is 24.6 Å². The molecule has 0 bridgehead atoms. The van der Waals surface area contributed by atoms with Gasteiger partial charge in [-0.1, -0.05) is 23.2 Å². The first kappa shape index (κ1) is 15.7. The Balaban J connectivity index is 2.06. The van der Waals surface area contributed by atoms with E-state index in [0.717, 1.165) is 5.56 Å². The van der Waals surface area contributed by atoms with Gasteiger partial charge in [-0.25, -0.2) is 9.97 Å². The molecule has 4 aromatic rings. The first-order chi connectivity index (χ1) is 12.0. The summed E-state index contributed by atoms with van der Waals surface area (Å²) in [5.74, 6) is 1.38. The molecule has 2 aromatic carbocycles. The number of aromatic hydroxyl groups is 1. The largest absolute Gasteiger partial charge is 0.508 e. The van der Waals surface area contributed by atoms with Crippen LogP contribution >= 0.6 is 23.2 Å². The number of imidazole rings is 1. The predicted octanol–water partition coefficient (Wildman–Crippen LogP) is 4.08. The quantitative estimate of drug-likeness (QED) is 0.554. The van der Waals surface area contributed by atoms with Gasteiger partial charge in [0, 0.05) is 17.8 Å². The SMILES string of the molecule is Nc1nccc(-n2c(-c3ccc(Cl)c(Cl)c3)nc3ccc(O)cc32)n1. The summed E-state index contributed by atoms with van der Waals surface area (Å²) in [6.45, 7) is 0. The summed E-state index contributed by atoms with van der Waals surface area (Å²) in [5.41, 5.74) is 7.85. The predicted molar refractivity (Wildman–Crippen MR) is 98.2 cm³/mol. The lowest BCUT2D eigenvalue weighted by atomic mass is 10.2. The molecule has 0 atom stereocenters. The fourth-order valence-electron chi connectivity index (χ4n) is 2.61. The highest BCUT2D eigenvalue weighted by atomic mass is 35.5. The number of phenolic OH excluding ortho intramolecular Hbond substituents is 1. The zero-order valence-corrected chi connectivity index (χ0v) is 14.2. The Labute approximate surface area is 152 Å². The first-order valence-corrected chi connectivity index (χ1v) is 8.04. The Hall–Kier alpha value is -2.83. The van der Waals surface area contributed by atoms with Crippen molar-refractivity contribution in [1.29, 1.82) is 0 Å². The minimum atomic E-state index is 0.122. The zero-order chi connectivity index (χ0) is 17.6. The normalized spacial score (nSPS) is 11.1. The maximum atomic E-state index is 9.88. The molecular weight excluding hydrogens is 361 g/mol. The zero-order valence-electron chi connectivity index (χ0n) is 12.7. The van der Waals surface area contributed by atoms with Crippen molar-refractivity contribution >= 4 is 40.2 Å².